The molecule has 2 aliphatic rings. The van der Waals surface area contributed by atoms with Gasteiger partial charge in [-0.1, -0.05) is 12.1 Å². The molecule has 8 nitrogen and oxygen atoms in total. The maximum absolute atomic E-state index is 12.7. The van der Waals surface area contributed by atoms with Crippen molar-refractivity contribution in [3.05, 3.63) is 59.0 Å². The van der Waals surface area contributed by atoms with E-state index in [1.54, 1.807) is 18.2 Å². The van der Waals surface area contributed by atoms with E-state index in [0.29, 0.717) is 35.0 Å². The predicted octanol–water partition coefficient (Wildman–Crippen LogP) is 3.95. The minimum Gasteiger partial charge on any atom is -0.493 e. The summed E-state index contributed by atoms with van der Waals surface area (Å²) in [6.07, 6.45) is 1.77. The number of amides is 2. The van der Waals surface area contributed by atoms with Gasteiger partial charge in [-0.15, -0.1) is 11.3 Å². The summed E-state index contributed by atoms with van der Waals surface area (Å²) < 4.78 is 5.63. The highest BCUT2D eigenvalue weighted by atomic mass is 32.1. The van der Waals surface area contributed by atoms with Gasteiger partial charge in [0.25, 0.3) is 5.91 Å². The van der Waals surface area contributed by atoms with Gasteiger partial charge in [0.2, 0.25) is 5.91 Å². The molecule has 0 spiro atoms. The van der Waals surface area contributed by atoms with Crippen molar-refractivity contribution in [3.63, 3.8) is 0 Å². The Morgan fingerprint density at radius 3 is 2.89 bits per heavy atom. The molecule has 0 radical (unpaired) electrons. The fourth-order valence-electron chi connectivity index (χ4n) is 4.17. The summed E-state index contributed by atoms with van der Waals surface area (Å²) in [7, 11) is 0. The van der Waals surface area contributed by atoms with Gasteiger partial charge < -0.3 is 20.3 Å². The van der Waals surface area contributed by atoms with Crippen molar-refractivity contribution in [2.75, 3.05) is 36.5 Å². The molecule has 0 saturated carbocycles. The zero-order chi connectivity index (χ0) is 24.4. The van der Waals surface area contributed by atoms with Crippen molar-refractivity contribution in [1.29, 1.82) is 5.26 Å². The molecule has 5 rings (SSSR count). The molecule has 1 fully saturated rings. The number of benzene rings is 2. The number of hydrogen-bond donors (Lipinski definition) is 2. The van der Waals surface area contributed by atoms with Crippen LogP contribution in [-0.2, 0) is 10.2 Å². The Labute approximate surface area is 207 Å². The number of hydrogen-bond acceptors (Lipinski definition) is 7. The first-order valence-corrected chi connectivity index (χ1v) is 12.4. The molecule has 0 aliphatic carbocycles. The van der Waals surface area contributed by atoms with Crippen LogP contribution in [0.4, 0.5) is 10.8 Å². The van der Waals surface area contributed by atoms with Gasteiger partial charge in [0.15, 0.2) is 5.13 Å². The molecule has 1 atom stereocenters. The SMILES string of the molecule is C[C@]1(C#N)CCOc2ccc(C(=O)NCC(=O)Nc3nc(-c4cccc(N5CCC5)c4)cs3)cc21. The van der Waals surface area contributed by atoms with Crippen LogP contribution in [0.2, 0.25) is 0 Å². The molecule has 9 heteroatoms. The maximum Gasteiger partial charge on any atom is 0.251 e. The second-order valence-electron chi connectivity index (χ2n) is 8.91. The second kappa shape index (κ2) is 9.39. The number of carbonyl (C=O) groups excluding carboxylic acids is 2. The third kappa shape index (κ3) is 4.70. The highest BCUT2D eigenvalue weighted by Crippen LogP contribution is 2.38. The van der Waals surface area contributed by atoms with Crippen LogP contribution >= 0.6 is 11.3 Å². The molecule has 2 aromatic carbocycles. The van der Waals surface area contributed by atoms with Crippen LogP contribution in [0.25, 0.3) is 11.3 Å². The van der Waals surface area contributed by atoms with Crippen LogP contribution in [0.3, 0.4) is 0 Å². The summed E-state index contributed by atoms with van der Waals surface area (Å²) in [6, 6.07) is 15.6. The number of nitrogens with zero attached hydrogens (tertiary/aromatic N) is 3. The molecule has 3 heterocycles. The van der Waals surface area contributed by atoms with Gasteiger partial charge in [0, 0.05) is 47.3 Å². The van der Waals surface area contributed by atoms with E-state index in [2.05, 4.69) is 38.7 Å². The zero-order valence-corrected chi connectivity index (χ0v) is 20.2. The molecular weight excluding hydrogens is 462 g/mol. The number of nitriles is 1. The number of carbonyl (C=O) groups is 2. The Morgan fingerprint density at radius 2 is 2.11 bits per heavy atom. The lowest BCUT2D eigenvalue weighted by Crippen LogP contribution is -2.36. The van der Waals surface area contributed by atoms with Crippen molar-refractivity contribution in [2.45, 2.75) is 25.2 Å². The molecule has 35 heavy (non-hydrogen) atoms. The van der Waals surface area contributed by atoms with Crippen molar-refractivity contribution in [3.8, 4) is 23.1 Å². The maximum atomic E-state index is 12.7. The lowest BCUT2D eigenvalue weighted by atomic mass is 9.78. The molecule has 2 N–H and O–H groups in total. The number of thiazole rings is 1. The first kappa shape index (κ1) is 22.9. The first-order valence-electron chi connectivity index (χ1n) is 11.5. The van der Waals surface area contributed by atoms with E-state index in [9.17, 15) is 14.9 Å². The largest absolute Gasteiger partial charge is 0.493 e. The molecule has 3 aromatic rings. The fraction of sp³-hybridized carbons (Fsp3) is 0.308. The van der Waals surface area contributed by atoms with E-state index in [4.69, 9.17) is 4.74 Å². The average molecular weight is 488 g/mol. The van der Waals surface area contributed by atoms with Crippen molar-refractivity contribution < 1.29 is 14.3 Å². The van der Waals surface area contributed by atoms with E-state index in [1.807, 2.05) is 24.4 Å². The lowest BCUT2D eigenvalue weighted by molar-refractivity contribution is -0.115. The van der Waals surface area contributed by atoms with Crippen LogP contribution in [0, 0.1) is 11.3 Å². The number of ether oxygens (including phenoxy) is 1. The number of anilines is 2. The number of rotatable bonds is 6. The van der Waals surface area contributed by atoms with Gasteiger partial charge >= 0.3 is 0 Å². The highest BCUT2D eigenvalue weighted by Gasteiger charge is 2.34. The van der Waals surface area contributed by atoms with Crippen LogP contribution in [0.1, 0.15) is 35.7 Å². The average Bonchev–Trinajstić information content (AvgIpc) is 3.30. The molecule has 178 valence electrons. The summed E-state index contributed by atoms with van der Waals surface area (Å²) in [4.78, 5) is 31.9. The Balaban J connectivity index is 1.19. The Morgan fingerprint density at radius 1 is 1.26 bits per heavy atom. The van der Waals surface area contributed by atoms with Gasteiger partial charge in [-0.3, -0.25) is 9.59 Å². The topological polar surface area (TPSA) is 107 Å². The van der Waals surface area contributed by atoms with Gasteiger partial charge in [0.05, 0.1) is 30.3 Å². The summed E-state index contributed by atoms with van der Waals surface area (Å²) in [5.41, 5.74) is 3.34. The number of aromatic nitrogens is 1. The first-order chi connectivity index (χ1) is 16.9. The van der Waals surface area contributed by atoms with Crippen LogP contribution in [0.15, 0.2) is 47.8 Å². The number of fused-ring (bicyclic) bond motifs is 1. The quantitative estimate of drug-likeness (QED) is 0.545. The summed E-state index contributed by atoms with van der Waals surface area (Å²) >= 11 is 1.34. The van der Waals surface area contributed by atoms with Gasteiger partial charge in [-0.2, -0.15) is 5.26 Å². The van der Waals surface area contributed by atoms with Gasteiger partial charge in [-0.25, -0.2) is 4.98 Å². The van der Waals surface area contributed by atoms with Crippen LogP contribution in [-0.4, -0.2) is 43.0 Å². The molecule has 0 bridgehead atoms. The van der Waals surface area contributed by atoms with Crippen molar-refractivity contribution in [1.82, 2.24) is 10.3 Å². The molecule has 1 saturated heterocycles. The highest BCUT2D eigenvalue weighted by molar-refractivity contribution is 7.14. The minimum atomic E-state index is -0.710. The third-order valence-electron chi connectivity index (χ3n) is 6.47. The molecule has 0 unspecified atom stereocenters. The minimum absolute atomic E-state index is 0.193. The van der Waals surface area contributed by atoms with Crippen LogP contribution < -0.4 is 20.3 Å². The summed E-state index contributed by atoms with van der Waals surface area (Å²) in [5.74, 6) is -0.141. The molecule has 2 amide bonds. The lowest BCUT2D eigenvalue weighted by Gasteiger charge is -2.33. The van der Waals surface area contributed by atoms with Crippen LogP contribution in [0.5, 0.6) is 5.75 Å². The standard InChI is InChI=1S/C26H25N5O3S/c1-26(16-27)8-11-34-22-7-6-18(13-20(22)26)24(33)28-14-23(32)30-25-29-21(15-35-25)17-4-2-5-19(12-17)31-9-3-10-31/h2,4-7,12-13,15H,3,8-11,14H2,1H3,(H,28,33)(H,29,30,32)/t26-/m1/s1. The van der Waals surface area contributed by atoms with E-state index in [-0.39, 0.29) is 12.5 Å². The van der Waals surface area contributed by atoms with Gasteiger partial charge in [0.1, 0.15) is 5.75 Å². The number of nitrogens with one attached hydrogen (secondary N) is 2. The summed E-state index contributed by atoms with van der Waals surface area (Å²) in [6.45, 7) is 4.26. The summed E-state index contributed by atoms with van der Waals surface area (Å²) in [5, 5.41) is 17.4. The third-order valence-corrected chi connectivity index (χ3v) is 7.22. The molecule has 1 aromatic heterocycles. The molecular formula is C26H25N5O3S. The monoisotopic (exact) mass is 487 g/mol. The Kier molecular flexibility index (Phi) is 6.14. The normalized spacial score (nSPS) is 18.5. The zero-order valence-electron chi connectivity index (χ0n) is 19.3. The van der Waals surface area contributed by atoms with Crippen molar-refractivity contribution in [2.24, 2.45) is 0 Å². The predicted molar refractivity (Wildman–Crippen MR) is 135 cm³/mol. The Hall–Kier alpha value is -3.90. The van der Waals surface area contributed by atoms with E-state index in [0.717, 1.165) is 24.3 Å². The molecule has 2 aliphatic heterocycles. The second-order valence-corrected chi connectivity index (χ2v) is 9.77. The van der Waals surface area contributed by atoms with E-state index in [1.165, 1.54) is 23.4 Å². The van der Waals surface area contributed by atoms with E-state index < -0.39 is 11.3 Å². The fourth-order valence-corrected chi connectivity index (χ4v) is 4.91. The smallest absolute Gasteiger partial charge is 0.251 e. The van der Waals surface area contributed by atoms with Crippen molar-refractivity contribution >= 4 is 34.0 Å². The van der Waals surface area contributed by atoms with E-state index >= 15 is 0 Å². The Bertz CT molecular complexity index is 1330. The van der Waals surface area contributed by atoms with Gasteiger partial charge in [-0.05, 0) is 43.7 Å².